The largest absolute Gasteiger partial charge is 0.495 e. The van der Waals surface area contributed by atoms with Gasteiger partial charge >= 0.3 is 0 Å². The van der Waals surface area contributed by atoms with Crippen LogP contribution in [0.4, 0.5) is 0 Å². The molecule has 0 aliphatic carbocycles. The second-order valence-corrected chi connectivity index (χ2v) is 3.92. The predicted molar refractivity (Wildman–Crippen MR) is 65.1 cm³/mol. The number of hydrogen-bond acceptors (Lipinski definition) is 1. The molecular formula is C12H10Cl2O. The molecule has 0 atom stereocenters. The predicted octanol–water partition coefficient (Wildman–Crippen LogP) is 4.24. The van der Waals surface area contributed by atoms with Crippen LogP contribution in [-0.2, 0) is 5.88 Å². The lowest BCUT2D eigenvalue weighted by molar-refractivity contribution is 0.415. The topological polar surface area (TPSA) is 9.23 Å². The van der Waals surface area contributed by atoms with Gasteiger partial charge in [-0.15, -0.1) is 11.6 Å². The Morgan fingerprint density at radius 2 is 2.00 bits per heavy atom. The normalized spacial score (nSPS) is 10.6. The molecule has 2 aromatic carbocycles. The van der Waals surface area contributed by atoms with E-state index in [2.05, 4.69) is 0 Å². The van der Waals surface area contributed by atoms with Crippen LogP contribution >= 0.6 is 23.2 Å². The van der Waals surface area contributed by atoms with E-state index in [1.165, 1.54) is 0 Å². The average Bonchev–Trinajstić information content (AvgIpc) is 2.29. The van der Waals surface area contributed by atoms with Crippen molar-refractivity contribution >= 4 is 34.0 Å². The Labute approximate surface area is 98.6 Å². The van der Waals surface area contributed by atoms with Crippen LogP contribution in [0.5, 0.6) is 5.75 Å². The first kappa shape index (κ1) is 10.6. The van der Waals surface area contributed by atoms with Crippen molar-refractivity contribution in [2.24, 2.45) is 0 Å². The summed E-state index contributed by atoms with van der Waals surface area (Å²) in [5.74, 6) is 1.21. The minimum atomic E-state index is 0.513. The third-order valence-electron chi connectivity index (χ3n) is 2.36. The summed E-state index contributed by atoms with van der Waals surface area (Å²) >= 11 is 11.9. The number of fused-ring (bicyclic) bond motifs is 1. The molecule has 0 aliphatic heterocycles. The molecule has 0 spiro atoms. The maximum Gasteiger partial charge on any atom is 0.138 e. The van der Waals surface area contributed by atoms with Gasteiger partial charge in [-0.05, 0) is 23.1 Å². The van der Waals surface area contributed by atoms with Gasteiger partial charge in [0.15, 0.2) is 0 Å². The fourth-order valence-corrected chi connectivity index (χ4v) is 2.04. The fraction of sp³-hybridized carbons (Fsp3) is 0.167. The number of methoxy groups -OCH3 is 1. The lowest BCUT2D eigenvalue weighted by Gasteiger charge is -2.07. The highest BCUT2D eigenvalue weighted by Crippen LogP contribution is 2.33. The Morgan fingerprint density at radius 3 is 2.67 bits per heavy atom. The molecule has 0 bridgehead atoms. The van der Waals surface area contributed by atoms with Gasteiger partial charge in [-0.3, -0.25) is 0 Å². The van der Waals surface area contributed by atoms with Crippen LogP contribution in [0.2, 0.25) is 5.02 Å². The van der Waals surface area contributed by atoms with Crippen molar-refractivity contribution in [2.75, 3.05) is 7.11 Å². The molecule has 0 fully saturated rings. The third kappa shape index (κ3) is 1.90. The highest BCUT2D eigenvalue weighted by molar-refractivity contribution is 6.37. The number of benzene rings is 2. The van der Waals surface area contributed by atoms with Crippen LogP contribution in [0.1, 0.15) is 5.56 Å². The van der Waals surface area contributed by atoms with E-state index in [1.54, 1.807) is 7.11 Å². The highest BCUT2D eigenvalue weighted by Gasteiger charge is 2.05. The van der Waals surface area contributed by atoms with Crippen LogP contribution in [0, 0.1) is 0 Å². The van der Waals surface area contributed by atoms with E-state index in [0.717, 1.165) is 16.3 Å². The molecule has 2 aromatic rings. The van der Waals surface area contributed by atoms with Crippen molar-refractivity contribution < 1.29 is 4.74 Å². The fourth-order valence-electron chi connectivity index (χ4n) is 1.56. The first-order valence-electron chi connectivity index (χ1n) is 4.57. The van der Waals surface area contributed by atoms with Gasteiger partial charge < -0.3 is 4.74 Å². The molecule has 1 nitrogen and oxygen atoms in total. The molecule has 0 N–H and O–H groups in total. The zero-order valence-corrected chi connectivity index (χ0v) is 9.77. The van der Waals surface area contributed by atoms with Gasteiger partial charge in [-0.25, -0.2) is 0 Å². The Balaban J connectivity index is 2.68. The molecule has 0 heterocycles. The van der Waals surface area contributed by atoms with Crippen LogP contribution in [0.15, 0.2) is 30.3 Å². The second-order valence-electron chi connectivity index (χ2n) is 3.27. The number of hydrogen-bond donors (Lipinski definition) is 0. The number of rotatable bonds is 2. The highest BCUT2D eigenvalue weighted by atomic mass is 35.5. The molecule has 2 rings (SSSR count). The van der Waals surface area contributed by atoms with Gasteiger partial charge in [0, 0.05) is 11.3 Å². The maximum atomic E-state index is 6.18. The van der Waals surface area contributed by atoms with Crippen molar-refractivity contribution in [3.8, 4) is 5.75 Å². The quantitative estimate of drug-likeness (QED) is 0.714. The van der Waals surface area contributed by atoms with E-state index in [-0.39, 0.29) is 0 Å². The smallest absolute Gasteiger partial charge is 0.138 e. The summed E-state index contributed by atoms with van der Waals surface area (Å²) in [6, 6.07) is 9.82. The van der Waals surface area contributed by atoms with E-state index in [4.69, 9.17) is 27.9 Å². The van der Waals surface area contributed by atoms with Gasteiger partial charge in [0.1, 0.15) is 5.75 Å². The molecule has 0 aliphatic rings. The first-order valence-corrected chi connectivity index (χ1v) is 5.48. The summed E-state index contributed by atoms with van der Waals surface area (Å²) in [6.45, 7) is 0. The van der Waals surface area contributed by atoms with Crippen molar-refractivity contribution in [2.45, 2.75) is 5.88 Å². The molecule has 0 saturated carbocycles. The van der Waals surface area contributed by atoms with Gasteiger partial charge in [0.25, 0.3) is 0 Å². The van der Waals surface area contributed by atoms with E-state index >= 15 is 0 Å². The lowest BCUT2D eigenvalue weighted by atomic mass is 10.1. The molecule has 3 heteroatoms. The summed E-state index contributed by atoms with van der Waals surface area (Å²) in [7, 11) is 1.61. The third-order valence-corrected chi connectivity index (χ3v) is 3.06. The summed E-state index contributed by atoms with van der Waals surface area (Å²) in [4.78, 5) is 0. The summed E-state index contributed by atoms with van der Waals surface area (Å²) in [6.07, 6.45) is 0. The van der Waals surface area contributed by atoms with Crippen LogP contribution in [-0.4, -0.2) is 7.11 Å². The maximum absolute atomic E-state index is 6.18. The van der Waals surface area contributed by atoms with Gasteiger partial charge in [-0.1, -0.05) is 29.8 Å². The Kier molecular flexibility index (Phi) is 3.03. The minimum Gasteiger partial charge on any atom is -0.495 e. The van der Waals surface area contributed by atoms with E-state index in [0.29, 0.717) is 16.7 Å². The molecule has 0 amide bonds. The Hall–Kier alpha value is -0.920. The number of halogens is 2. The van der Waals surface area contributed by atoms with E-state index in [9.17, 15) is 0 Å². The van der Waals surface area contributed by atoms with Crippen molar-refractivity contribution in [3.05, 3.63) is 40.9 Å². The monoisotopic (exact) mass is 240 g/mol. The first-order chi connectivity index (χ1) is 7.26. The lowest BCUT2D eigenvalue weighted by Crippen LogP contribution is -1.86. The minimum absolute atomic E-state index is 0.513. The number of alkyl halides is 1. The Bertz CT molecular complexity index is 494. The van der Waals surface area contributed by atoms with E-state index in [1.807, 2.05) is 30.3 Å². The van der Waals surface area contributed by atoms with Gasteiger partial charge in [0.2, 0.25) is 0 Å². The molecule has 0 saturated heterocycles. The zero-order valence-electron chi connectivity index (χ0n) is 8.26. The molecule has 0 aromatic heterocycles. The van der Waals surface area contributed by atoms with Crippen LogP contribution < -0.4 is 4.74 Å². The van der Waals surface area contributed by atoms with Crippen molar-refractivity contribution in [3.63, 3.8) is 0 Å². The summed E-state index contributed by atoms with van der Waals surface area (Å²) in [5, 5.41) is 2.72. The summed E-state index contributed by atoms with van der Waals surface area (Å²) in [5.41, 5.74) is 1.09. The van der Waals surface area contributed by atoms with Crippen LogP contribution in [0.25, 0.3) is 10.8 Å². The second kappa shape index (κ2) is 4.30. The van der Waals surface area contributed by atoms with Gasteiger partial charge in [0.05, 0.1) is 12.1 Å². The van der Waals surface area contributed by atoms with Crippen molar-refractivity contribution in [1.29, 1.82) is 0 Å². The molecule has 0 unspecified atom stereocenters. The standard InChI is InChI=1S/C12H10Cl2O/c1-15-11-5-3-9-6-8(7-13)2-4-10(9)12(11)14/h2-6H,7H2,1H3. The SMILES string of the molecule is COc1ccc2cc(CCl)ccc2c1Cl. The Morgan fingerprint density at radius 1 is 1.20 bits per heavy atom. The molecule has 15 heavy (non-hydrogen) atoms. The number of ether oxygens (including phenoxy) is 1. The van der Waals surface area contributed by atoms with E-state index < -0.39 is 0 Å². The average molecular weight is 241 g/mol. The van der Waals surface area contributed by atoms with Gasteiger partial charge in [-0.2, -0.15) is 0 Å². The summed E-state index contributed by atoms with van der Waals surface area (Å²) < 4.78 is 5.15. The van der Waals surface area contributed by atoms with Crippen LogP contribution in [0.3, 0.4) is 0 Å². The van der Waals surface area contributed by atoms with Crippen molar-refractivity contribution in [1.82, 2.24) is 0 Å². The molecule has 0 radical (unpaired) electrons. The zero-order chi connectivity index (χ0) is 10.8. The molecule has 78 valence electrons. The molecular weight excluding hydrogens is 231 g/mol.